The molecule has 232 valence electrons. The Hall–Kier alpha value is -3.96. The van der Waals surface area contributed by atoms with Gasteiger partial charge in [0, 0.05) is 17.6 Å². The number of nitrogens with one attached hydrogen (secondary N) is 3. The van der Waals surface area contributed by atoms with Gasteiger partial charge >= 0.3 is 5.97 Å². The van der Waals surface area contributed by atoms with Crippen molar-refractivity contribution >= 4 is 40.5 Å². The Morgan fingerprint density at radius 3 is 2.35 bits per heavy atom. The summed E-state index contributed by atoms with van der Waals surface area (Å²) < 4.78 is 5.19. The number of ether oxygens (including phenoxy) is 1. The Labute approximate surface area is 250 Å². The Balaban J connectivity index is 0.00000162. The monoisotopic (exact) mass is 618 g/mol. The van der Waals surface area contributed by atoms with E-state index < -0.39 is 42.7 Å². The minimum atomic E-state index is -1.79. The van der Waals surface area contributed by atoms with E-state index in [1.54, 1.807) is 17.5 Å². The molecule has 43 heavy (non-hydrogen) atoms. The van der Waals surface area contributed by atoms with E-state index in [1.807, 2.05) is 42.5 Å². The number of aromatic nitrogens is 1. The first kappa shape index (κ1) is 33.5. The lowest BCUT2D eigenvalue weighted by Gasteiger charge is -2.38. The van der Waals surface area contributed by atoms with E-state index in [9.17, 15) is 30.0 Å². The van der Waals surface area contributed by atoms with Crippen LogP contribution in [0.2, 0.25) is 0 Å². The van der Waals surface area contributed by atoms with Crippen LogP contribution in [0.3, 0.4) is 0 Å². The molecule has 0 radical (unpaired) electrons. The van der Waals surface area contributed by atoms with Crippen LogP contribution in [0.5, 0.6) is 0 Å². The zero-order valence-electron chi connectivity index (χ0n) is 22.8. The normalized spacial score (nSPS) is 22.0. The molecule has 3 aromatic rings. The molecule has 1 amide bonds. The summed E-state index contributed by atoms with van der Waals surface area (Å²) in [5.74, 6) is -1.77. The smallest absolute Gasteiger partial charge is 0.335 e. The van der Waals surface area contributed by atoms with Crippen molar-refractivity contribution in [2.24, 2.45) is 0 Å². The van der Waals surface area contributed by atoms with Crippen LogP contribution in [0, 0.1) is 0 Å². The lowest BCUT2D eigenvalue weighted by atomic mass is 9.98. The number of nitrogens with zero attached hydrogens (tertiary/aromatic N) is 1. The number of carbonyl (C=O) groups is 3. The van der Waals surface area contributed by atoms with Crippen LogP contribution in [-0.4, -0.2) is 97.7 Å². The average Bonchev–Trinajstić information content (AvgIpc) is 3.43. The molecule has 9 N–H and O–H groups in total. The topological polar surface area (TPSA) is 231 Å². The number of anilines is 2. The highest BCUT2D eigenvalue weighted by Crippen LogP contribution is 2.25. The van der Waals surface area contributed by atoms with Gasteiger partial charge in [-0.05, 0) is 36.2 Å². The lowest BCUT2D eigenvalue weighted by Crippen LogP contribution is -2.61. The van der Waals surface area contributed by atoms with Crippen LogP contribution < -0.4 is 16.0 Å². The summed E-state index contributed by atoms with van der Waals surface area (Å²) in [6.07, 6.45) is -8.00. The van der Waals surface area contributed by atoms with Crippen LogP contribution in [-0.2, 0) is 32.0 Å². The number of aliphatic hydroxyl groups excluding tert-OH is 4. The highest BCUT2D eigenvalue weighted by Gasteiger charge is 2.47. The number of carboxylic acids is 1. The van der Waals surface area contributed by atoms with Gasteiger partial charge in [0.25, 0.3) is 6.47 Å². The van der Waals surface area contributed by atoms with Crippen molar-refractivity contribution in [2.45, 2.75) is 49.6 Å². The van der Waals surface area contributed by atoms with Crippen molar-refractivity contribution in [3.8, 4) is 0 Å². The van der Waals surface area contributed by atoms with Gasteiger partial charge in [-0.25, -0.2) is 9.78 Å². The van der Waals surface area contributed by atoms with Gasteiger partial charge in [-0.2, -0.15) is 0 Å². The van der Waals surface area contributed by atoms with E-state index >= 15 is 0 Å². The van der Waals surface area contributed by atoms with Gasteiger partial charge in [0.2, 0.25) is 5.91 Å². The standard InChI is InChI=1S/C27H32N4O8S.CH2O2/c32-19(16-4-2-1-3-5-16)13-28-11-10-15-6-8-17(9-7-15)29-20(33)12-18-14-40-27(30-18)31-25-23(36)21(34)22(35)24(39-25)26(37)38;2-1-3/h1-9,14,19,21-25,28,32,34-36H,10-13H2,(H,29,33)(H,30,31)(H,37,38);1H,(H,2,3)/t19-,21-,22-,23+,24-,25+;/m0./s1. The van der Waals surface area contributed by atoms with Crippen LogP contribution in [0.15, 0.2) is 60.0 Å². The zero-order chi connectivity index (χ0) is 31.4. The Morgan fingerprint density at radius 2 is 1.70 bits per heavy atom. The molecule has 0 saturated carbocycles. The average molecular weight is 619 g/mol. The van der Waals surface area contributed by atoms with Gasteiger partial charge in [-0.1, -0.05) is 42.5 Å². The van der Waals surface area contributed by atoms with Crippen LogP contribution in [0.1, 0.15) is 22.9 Å². The fourth-order valence-corrected chi connectivity index (χ4v) is 4.91. The van der Waals surface area contributed by atoms with Gasteiger partial charge in [-0.15, -0.1) is 11.3 Å². The third-order valence-corrected chi connectivity index (χ3v) is 7.19. The molecular weight excluding hydrogens is 584 g/mol. The van der Waals surface area contributed by atoms with E-state index in [0.29, 0.717) is 24.5 Å². The number of aliphatic carboxylic acids is 1. The fourth-order valence-electron chi connectivity index (χ4n) is 4.17. The third-order valence-electron chi connectivity index (χ3n) is 6.37. The molecule has 2 aromatic carbocycles. The molecular formula is C28H34N4O10S. The molecule has 15 heteroatoms. The summed E-state index contributed by atoms with van der Waals surface area (Å²) in [6, 6.07) is 16.9. The first-order valence-electron chi connectivity index (χ1n) is 13.2. The molecule has 1 aliphatic heterocycles. The van der Waals surface area contributed by atoms with Crippen LogP contribution in [0.4, 0.5) is 10.8 Å². The van der Waals surface area contributed by atoms with Gasteiger partial charge in [0.15, 0.2) is 17.5 Å². The summed E-state index contributed by atoms with van der Waals surface area (Å²) in [4.78, 5) is 36.4. The molecule has 1 saturated heterocycles. The van der Waals surface area contributed by atoms with Crippen LogP contribution in [0.25, 0.3) is 0 Å². The van der Waals surface area contributed by atoms with Crippen molar-refractivity contribution < 1.29 is 49.8 Å². The van der Waals surface area contributed by atoms with E-state index in [0.717, 1.165) is 28.9 Å². The summed E-state index contributed by atoms with van der Waals surface area (Å²) in [5, 5.41) is 66.8. The van der Waals surface area contributed by atoms with Gasteiger partial charge in [0.05, 0.1) is 18.2 Å². The molecule has 4 rings (SSSR count). The second kappa shape index (κ2) is 16.6. The minimum Gasteiger partial charge on any atom is -0.483 e. The number of amides is 1. The van der Waals surface area contributed by atoms with Crippen molar-refractivity contribution in [3.63, 3.8) is 0 Å². The molecule has 1 aromatic heterocycles. The summed E-state index contributed by atoms with van der Waals surface area (Å²) in [5.41, 5.74) is 3.00. The number of rotatable bonds is 12. The highest BCUT2D eigenvalue weighted by atomic mass is 32.1. The second-order valence-electron chi connectivity index (χ2n) is 9.48. The maximum absolute atomic E-state index is 12.5. The van der Waals surface area contributed by atoms with Crippen molar-refractivity contribution in [2.75, 3.05) is 23.7 Å². The van der Waals surface area contributed by atoms with E-state index in [1.165, 1.54) is 0 Å². The van der Waals surface area contributed by atoms with E-state index in [4.69, 9.17) is 19.7 Å². The van der Waals surface area contributed by atoms with E-state index in [-0.39, 0.29) is 23.9 Å². The number of aliphatic hydroxyl groups is 4. The second-order valence-corrected chi connectivity index (χ2v) is 10.3. The van der Waals surface area contributed by atoms with Crippen molar-refractivity contribution in [1.29, 1.82) is 0 Å². The number of benzene rings is 2. The van der Waals surface area contributed by atoms with E-state index in [2.05, 4.69) is 20.9 Å². The number of hydrogen-bond donors (Lipinski definition) is 9. The molecule has 0 spiro atoms. The van der Waals surface area contributed by atoms with Crippen LogP contribution >= 0.6 is 11.3 Å². The fraction of sp³-hybridized carbons (Fsp3) is 0.357. The summed E-state index contributed by atoms with van der Waals surface area (Å²) in [7, 11) is 0. The minimum absolute atomic E-state index is 0.0270. The molecule has 0 unspecified atom stereocenters. The molecule has 1 fully saturated rings. The number of thiazole rings is 1. The zero-order valence-corrected chi connectivity index (χ0v) is 23.6. The predicted molar refractivity (Wildman–Crippen MR) is 155 cm³/mol. The quantitative estimate of drug-likeness (QED) is 0.0976. The Bertz CT molecular complexity index is 1310. The van der Waals surface area contributed by atoms with Gasteiger partial charge < -0.3 is 51.3 Å². The highest BCUT2D eigenvalue weighted by molar-refractivity contribution is 7.13. The maximum Gasteiger partial charge on any atom is 0.335 e. The first-order chi connectivity index (χ1) is 20.6. The first-order valence-corrected chi connectivity index (χ1v) is 14.0. The third kappa shape index (κ3) is 10.1. The molecule has 6 atom stereocenters. The summed E-state index contributed by atoms with van der Waals surface area (Å²) >= 11 is 1.11. The van der Waals surface area contributed by atoms with Gasteiger partial charge in [-0.3, -0.25) is 9.59 Å². The SMILES string of the molecule is O=C(Cc1csc(N[C@@H]2O[C@H](C(=O)O)[C@@H](O)[C@H](O)[C@H]2O)n1)Nc1ccc(CCNC[C@H](O)c2ccccc2)cc1.O=CO. The largest absolute Gasteiger partial charge is 0.483 e. The van der Waals surface area contributed by atoms with Crippen molar-refractivity contribution in [1.82, 2.24) is 10.3 Å². The molecule has 0 bridgehead atoms. The Morgan fingerprint density at radius 1 is 1.02 bits per heavy atom. The number of hydrogen-bond acceptors (Lipinski definition) is 12. The molecule has 14 nitrogen and oxygen atoms in total. The predicted octanol–water partition coefficient (Wildman–Crippen LogP) is 0.195. The molecule has 0 aliphatic carbocycles. The molecule has 2 heterocycles. The van der Waals surface area contributed by atoms with Crippen molar-refractivity contribution in [3.05, 3.63) is 76.8 Å². The molecule has 1 aliphatic rings. The number of carboxylic acid groups (broad SMARTS) is 2. The number of carbonyl (C=O) groups excluding carboxylic acids is 1. The maximum atomic E-state index is 12.5. The summed E-state index contributed by atoms with van der Waals surface area (Å²) in [6.45, 7) is 0.892. The lowest BCUT2D eigenvalue weighted by molar-refractivity contribution is -0.221. The van der Waals surface area contributed by atoms with Gasteiger partial charge in [0.1, 0.15) is 18.3 Å². The Kier molecular flexibility index (Phi) is 13.0.